The second-order valence-corrected chi connectivity index (χ2v) is 9.20. The van der Waals surface area contributed by atoms with Crippen molar-refractivity contribution >= 4 is 28.3 Å². The first kappa shape index (κ1) is 23.6. The molecular formula is C16H34ClN3O3S. The maximum Gasteiger partial charge on any atom is 0.223 e. The third-order valence-electron chi connectivity index (χ3n) is 5.08. The number of nitrogens with two attached hydrogens (primary N) is 1. The van der Waals surface area contributed by atoms with Crippen molar-refractivity contribution < 1.29 is 13.2 Å². The number of nitrogens with zero attached hydrogens (tertiary/aromatic N) is 1. The van der Waals surface area contributed by atoms with Crippen LogP contribution in [0, 0.1) is 11.8 Å². The molecule has 1 aliphatic rings. The molecule has 1 aliphatic heterocycles. The number of carbonyl (C=O) groups is 1. The molecule has 144 valence electrons. The third kappa shape index (κ3) is 6.17. The highest BCUT2D eigenvalue weighted by molar-refractivity contribution is 7.89. The lowest BCUT2D eigenvalue weighted by Crippen LogP contribution is -2.57. The molecule has 0 aromatic carbocycles. The molecule has 1 fully saturated rings. The van der Waals surface area contributed by atoms with Crippen LogP contribution in [-0.4, -0.2) is 49.6 Å². The molecule has 1 amide bonds. The van der Waals surface area contributed by atoms with E-state index in [9.17, 15) is 13.2 Å². The average molecular weight is 384 g/mol. The van der Waals surface area contributed by atoms with E-state index in [-0.39, 0.29) is 35.9 Å². The lowest BCUT2D eigenvalue weighted by Gasteiger charge is -2.37. The van der Waals surface area contributed by atoms with Crippen LogP contribution in [0.1, 0.15) is 53.4 Å². The molecule has 1 heterocycles. The summed E-state index contributed by atoms with van der Waals surface area (Å²) in [4.78, 5) is 12.5. The number of carbonyl (C=O) groups excluding carboxylic acids is 1. The molecule has 24 heavy (non-hydrogen) atoms. The quantitative estimate of drug-likeness (QED) is 0.667. The summed E-state index contributed by atoms with van der Waals surface area (Å²) < 4.78 is 25.9. The highest BCUT2D eigenvalue weighted by Gasteiger charge is 2.34. The van der Waals surface area contributed by atoms with Crippen molar-refractivity contribution in [1.82, 2.24) is 9.62 Å². The van der Waals surface area contributed by atoms with Crippen LogP contribution in [0.5, 0.6) is 0 Å². The van der Waals surface area contributed by atoms with Gasteiger partial charge in [0.15, 0.2) is 0 Å². The number of halogens is 1. The van der Waals surface area contributed by atoms with E-state index in [1.807, 2.05) is 27.7 Å². The molecule has 0 aromatic rings. The van der Waals surface area contributed by atoms with Gasteiger partial charge in [-0.05, 0) is 32.1 Å². The Labute approximate surface area is 153 Å². The van der Waals surface area contributed by atoms with E-state index in [4.69, 9.17) is 5.73 Å². The Hall–Kier alpha value is -0.370. The number of hydrogen-bond donors (Lipinski definition) is 2. The Morgan fingerprint density at radius 1 is 1.33 bits per heavy atom. The fourth-order valence-electron chi connectivity index (χ4n) is 2.67. The van der Waals surface area contributed by atoms with Crippen LogP contribution in [0.4, 0.5) is 0 Å². The first-order valence-corrected chi connectivity index (χ1v) is 10.3. The van der Waals surface area contributed by atoms with Crippen molar-refractivity contribution in [2.75, 3.05) is 25.4 Å². The van der Waals surface area contributed by atoms with E-state index in [1.165, 1.54) is 4.31 Å². The molecule has 6 nitrogen and oxygen atoms in total. The van der Waals surface area contributed by atoms with Gasteiger partial charge in [-0.2, -0.15) is 0 Å². The standard InChI is InChI=1S/C16H33N3O3S.ClH/c1-5-6-11-23(21,22)19-9-7-14(8-10-19)15(20)18-16(4,12-17)13(2)3;/h13-14H,5-12,17H2,1-4H3,(H,18,20);1H. The third-order valence-corrected chi connectivity index (χ3v) is 7.04. The van der Waals surface area contributed by atoms with Gasteiger partial charge in [0.1, 0.15) is 0 Å². The molecule has 3 N–H and O–H groups in total. The lowest BCUT2D eigenvalue weighted by atomic mass is 9.87. The van der Waals surface area contributed by atoms with Crippen LogP contribution in [0.2, 0.25) is 0 Å². The molecular weight excluding hydrogens is 350 g/mol. The highest BCUT2D eigenvalue weighted by atomic mass is 35.5. The van der Waals surface area contributed by atoms with Gasteiger partial charge >= 0.3 is 0 Å². The summed E-state index contributed by atoms with van der Waals surface area (Å²) in [5.41, 5.74) is 5.39. The molecule has 0 spiro atoms. The molecule has 0 aliphatic carbocycles. The minimum absolute atomic E-state index is 0. The van der Waals surface area contributed by atoms with E-state index in [2.05, 4.69) is 5.32 Å². The highest BCUT2D eigenvalue weighted by Crippen LogP contribution is 2.23. The van der Waals surface area contributed by atoms with Crippen molar-refractivity contribution in [1.29, 1.82) is 0 Å². The fourth-order valence-corrected chi connectivity index (χ4v) is 4.35. The number of piperidine rings is 1. The zero-order valence-corrected chi connectivity index (χ0v) is 17.0. The van der Waals surface area contributed by atoms with Gasteiger partial charge < -0.3 is 11.1 Å². The summed E-state index contributed by atoms with van der Waals surface area (Å²) in [7, 11) is -3.17. The van der Waals surface area contributed by atoms with Gasteiger partial charge in [0.2, 0.25) is 15.9 Å². The predicted molar refractivity (Wildman–Crippen MR) is 101 cm³/mol. The van der Waals surface area contributed by atoms with Crippen molar-refractivity contribution in [3.8, 4) is 0 Å². The monoisotopic (exact) mass is 383 g/mol. The maximum atomic E-state index is 12.5. The maximum absolute atomic E-state index is 12.5. The van der Waals surface area contributed by atoms with Crippen LogP contribution in [-0.2, 0) is 14.8 Å². The van der Waals surface area contributed by atoms with Crippen LogP contribution in [0.3, 0.4) is 0 Å². The van der Waals surface area contributed by atoms with Crippen molar-refractivity contribution in [2.45, 2.75) is 58.9 Å². The van der Waals surface area contributed by atoms with Crippen molar-refractivity contribution in [3.63, 3.8) is 0 Å². The largest absolute Gasteiger partial charge is 0.349 e. The number of sulfonamides is 1. The van der Waals surface area contributed by atoms with E-state index in [0.29, 0.717) is 38.9 Å². The van der Waals surface area contributed by atoms with Crippen LogP contribution >= 0.6 is 12.4 Å². The Kier molecular flexibility index (Phi) is 9.79. The van der Waals surface area contributed by atoms with Gasteiger partial charge in [0.05, 0.1) is 11.3 Å². The zero-order valence-electron chi connectivity index (χ0n) is 15.4. The topological polar surface area (TPSA) is 92.5 Å². The van der Waals surface area contributed by atoms with Gasteiger partial charge in [-0.3, -0.25) is 4.79 Å². The van der Waals surface area contributed by atoms with Crippen molar-refractivity contribution in [2.24, 2.45) is 17.6 Å². The molecule has 0 radical (unpaired) electrons. The number of amides is 1. The Bertz CT molecular complexity index is 491. The van der Waals surface area contributed by atoms with E-state index in [0.717, 1.165) is 6.42 Å². The normalized spacial score (nSPS) is 19.6. The smallest absolute Gasteiger partial charge is 0.223 e. The Balaban J connectivity index is 0.00000529. The van der Waals surface area contributed by atoms with Gasteiger partial charge in [-0.25, -0.2) is 12.7 Å². The fraction of sp³-hybridized carbons (Fsp3) is 0.938. The Morgan fingerprint density at radius 3 is 2.29 bits per heavy atom. The second-order valence-electron chi connectivity index (χ2n) is 7.11. The minimum atomic E-state index is -3.17. The Morgan fingerprint density at radius 2 is 1.88 bits per heavy atom. The van der Waals surface area contributed by atoms with Gasteiger partial charge in [-0.15, -0.1) is 12.4 Å². The van der Waals surface area contributed by atoms with Gasteiger partial charge in [-0.1, -0.05) is 27.2 Å². The molecule has 0 aromatic heterocycles. The van der Waals surface area contributed by atoms with E-state index in [1.54, 1.807) is 0 Å². The van der Waals surface area contributed by atoms with Crippen LogP contribution in [0.15, 0.2) is 0 Å². The van der Waals surface area contributed by atoms with Crippen LogP contribution in [0.25, 0.3) is 0 Å². The first-order valence-electron chi connectivity index (χ1n) is 8.66. The first-order chi connectivity index (χ1) is 10.7. The van der Waals surface area contributed by atoms with E-state index >= 15 is 0 Å². The molecule has 1 unspecified atom stereocenters. The molecule has 1 atom stereocenters. The van der Waals surface area contributed by atoms with Gasteiger partial charge in [0.25, 0.3) is 0 Å². The molecule has 1 saturated heterocycles. The van der Waals surface area contributed by atoms with Crippen molar-refractivity contribution in [3.05, 3.63) is 0 Å². The summed E-state index contributed by atoms with van der Waals surface area (Å²) >= 11 is 0. The second kappa shape index (κ2) is 9.94. The summed E-state index contributed by atoms with van der Waals surface area (Å²) in [5.74, 6) is 0.319. The average Bonchev–Trinajstić information content (AvgIpc) is 2.52. The predicted octanol–water partition coefficient (Wildman–Crippen LogP) is 1.74. The molecule has 0 bridgehead atoms. The number of unbranched alkanes of at least 4 members (excludes halogenated alkanes) is 1. The van der Waals surface area contributed by atoms with Gasteiger partial charge in [0, 0.05) is 25.6 Å². The summed E-state index contributed by atoms with van der Waals surface area (Å²) in [5, 5.41) is 3.07. The SMILES string of the molecule is CCCCS(=O)(=O)N1CCC(C(=O)NC(C)(CN)C(C)C)CC1.Cl. The number of rotatable bonds is 8. The zero-order chi connectivity index (χ0) is 17.7. The molecule has 8 heteroatoms. The summed E-state index contributed by atoms with van der Waals surface area (Å²) in [6.07, 6.45) is 2.71. The number of nitrogens with one attached hydrogen (secondary N) is 1. The molecule has 0 saturated carbocycles. The number of hydrogen-bond acceptors (Lipinski definition) is 4. The summed E-state index contributed by atoms with van der Waals surface area (Å²) in [6, 6.07) is 0. The van der Waals surface area contributed by atoms with Crippen LogP contribution < -0.4 is 11.1 Å². The molecule has 1 rings (SSSR count). The summed E-state index contributed by atoms with van der Waals surface area (Å²) in [6.45, 7) is 9.28. The lowest BCUT2D eigenvalue weighted by molar-refractivity contribution is -0.128. The minimum Gasteiger partial charge on any atom is -0.349 e. The van der Waals surface area contributed by atoms with E-state index < -0.39 is 15.6 Å².